The van der Waals surface area contributed by atoms with Crippen LogP contribution >= 0.6 is 23.2 Å². The lowest BCUT2D eigenvalue weighted by Crippen LogP contribution is -2.35. The molecular weight excluding hydrogens is 451 g/mol. The lowest BCUT2D eigenvalue weighted by atomic mass is 10.1. The Bertz CT molecular complexity index is 1170. The van der Waals surface area contributed by atoms with Gasteiger partial charge in [0, 0.05) is 24.4 Å². The van der Waals surface area contributed by atoms with E-state index in [4.69, 9.17) is 27.9 Å². The topological polar surface area (TPSA) is 80.6 Å². The molecule has 2 N–H and O–H groups in total. The van der Waals surface area contributed by atoms with E-state index in [1.54, 1.807) is 42.5 Å². The molecule has 3 rings (SSSR count). The van der Waals surface area contributed by atoms with Gasteiger partial charge in [-0.05, 0) is 31.0 Å². The largest absolute Gasteiger partial charge is 0.502 e. The van der Waals surface area contributed by atoms with Crippen LogP contribution in [-0.4, -0.2) is 28.2 Å². The van der Waals surface area contributed by atoms with E-state index in [2.05, 4.69) is 5.32 Å². The number of halogens is 2. The summed E-state index contributed by atoms with van der Waals surface area (Å²) >= 11 is 12.2. The van der Waals surface area contributed by atoms with Gasteiger partial charge in [0.05, 0.1) is 27.7 Å². The minimum absolute atomic E-state index is 0.0208. The summed E-state index contributed by atoms with van der Waals surface area (Å²) in [5.41, 5.74) is 0.0120. The fourth-order valence-electron chi connectivity index (χ4n) is 3.49. The lowest BCUT2D eigenvalue weighted by Gasteiger charge is -2.19. The number of carbonyl (C=O) groups excluding carboxylic acids is 1. The van der Waals surface area contributed by atoms with Gasteiger partial charge in [-0.25, -0.2) is 0 Å². The Kier molecular flexibility index (Phi) is 7.69. The number of rotatable bonds is 8. The fourth-order valence-corrected chi connectivity index (χ4v) is 4.00. The molecule has 1 aromatic heterocycles. The number of para-hydroxylation sites is 2. The van der Waals surface area contributed by atoms with Crippen LogP contribution < -0.4 is 15.6 Å². The molecular formula is C24H26Cl2N2O4. The van der Waals surface area contributed by atoms with E-state index in [0.717, 1.165) is 0 Å². The first-order valence-corrected chi connectivity index (χ1v) is 11.2. The molecule has 8 heteroatoms. The Balaban J connectivity index is 1.78. The quantitative estimate of drug-likeness (QED) is 0.464. The van der Waals surface area contributed by atoms with Crippen molar-refractivity contribution in [1.29, 1.82) is 0 Å². The summed E-state index contributed by atoms with van der Waals surface area (Å²) in [5.74, 6) is -0.475. The molecule has 0 aliphatic heterocycles. The van der Waals surface area contributed by atoms with E-state index < -0.39 is 17.2 Å². The van der Waals surface area contributed by atoms with Crippen LogP contribution in [-0.2, 0) is 6.54 Å². The number of fused-ring (bicyclic) bond motifs is 1. The minimum atomic E-state index is -0.577. The number of carbonyl (C=O) groups is 1. The smallest absolute Gasteiger partial charge is 0.294 e. The van der Waals surface area contributed by atoms with Crippen LogP contribution in [0.25, 0.3) is 10.9 Å². The van der Waals surface area contributed by atoms with Gasteiger partial charge < -0.3 is 19.7 Å². The SMILES string of the molecule is CC(C)Cn1c(=O)c(O)c(C(=O)NC(C)CCOc2c(Cl)cccc2Cl)c2ccccc21. The number of hydrogen-bond acceptors (Lipinski definition) is 4. The van der Waals surface area contributed by atoms with Crippen molar-refractivity contribution < 1.29 is 14.6 Å². The molecule has 1 amide bonds. The van der Waals surface area contributed by atoms with Crippen molar-refractivity contribution in [3.05, 3.63) is 68.4 Å². The van der Waals surface area contributed by atoms with E-state index >= 15 is 0 Å². The number of amides is 1. The molecule has 0 bridgehead atoms. The van der Waals surface area contributed by atoms with Crippen molar-refractivity contribution in [1.82, 2.24) is 9.88 Å². The van der Waals surface area contributed by atoms with E-state index in [9.17, 15) is 14.7 Å². The van der Waals surface area contributed by atoms with Gasteiger partial charge in [0.1, 0.15) is 0 Å². The highest BCUT2D eigenvalue weighted by Crippen LogP contribution is 2.32. The number of benzene rings is 2. The normalized spacial score (nSPS) is 12.2. The molecule has 6 nitrogen and oxygen atoms in total. The molecule has 32 heavy (non-hydrogen) atoms. The maximum atomic E-state index is 13.0. The number of ether oxygens (including phenoxy) is 1. The first kappa shape index (κ1) is 24.0. The first-order chi connectivity index (χ1) is 15.2. The summed E-state index contributed by atoms with van der Waals surface area (Å²) in [4.78, 5) is 25.8. The summed E-state index contributed by atoms with van der Waals surface area (Å²) in [6, 6.07) is 11.9. The van der Waals surface area contributed by atoms with Gasteiger partial charge >= 0.3 is 0 Å². The van der Waals surface area contributed by atoms with Gasteiger partial charge in [0.25, 0.3) is 11.5 Å². The Morgan fingerprint density at radius 3 is 2.41 bits per heavy atom. The molecule has 2 aromatic carbocycles. The monoisotopic (exact) mass is 476 g/mol. The highest BCUT2D eigenvalue weighted by atomic mass is 35.5. The zero-order valence-electron chi connectivity index (χ0n) is 18.2. The Morgan fingerprint density at radius 2 is 1.75 bits per heavy atom. The summed E-state index contributed by atoms with van der Waals surface area (Å²) in [6.07, 6.45) is 0.469. The zero-order chi connectivity index (χ0) is 23.4. The lowest BCUT2D eigenvalue weighted by molar-refractivity contribution is 0.0934. The third-order valence-electron chi connectivity index (χ3n) is 5.02. The highest BCUT2D eigenvalue weighted by molar-refractivity contribution is 6.37. The Labute approximate surface area is 196 Å². The van der Waals surface area contributed by atoms with E-state index in [-0.39, 0.29) is 24.1 Å². The van der Waals surface area contributed by atoms with Gasteiger partial charge in [-0.15, -0.1) is 0 Å². The molecule has 1 atom stereocenters. The first-order valence-electron chi connectivity index (χ1n) is 10.4. The van der Waals surface area contributed by atoms with Gasteiger partial charge in [0.15, 0.2) is 11.5 Å². The third-order valence-corrected chi connectivity index (χ3v) is 5.61. The van der Waals surface area contributed by atoms with Crippen LogP contribution in [0.5, 0.6) is 11.5 Å². The molecule has 0 fully saturated rings. The van der Waals surface area contributed by atoms with Crippen LogP contribution in [0.2, 0.25) is 10.0 Å². The van der Waals surface area contributed by atoms with Gasteiger partial charge in [-0.1, -0.05) is 61.3 Å². The maximum Gasteiger partial charge on any atom is 0.294 e. The van der Waals surface area contributed by atoms with E-state index in [1.165, 1.54) is 4.57 Å². The number of hydrogen-bond donors (Lipinski definition) is 2. The molecule has 0 saturated carbocycles. The molecule has 1 unspecified atom stereocenters. The molecule has 0 spiro atoms. The second kappa shape index (κ2) is 10.3. The van der Waals surface area contributed by atoms with E-state index in [1.807, 2.05) is 20.8 Å². The number of aromatic hydroxyl groups is 1. The van der Waals surface area contributed by atoms with Crippen LogP contribution in [0.15, 0.2) is 47.3 Å². The molecule has 170 valence electrons. The predicted molar refractivity (Wildman–Crippen MR) is 128 cm³/mol. The second-order valence-electron chi connectivity index (χ2n) is 8.11. The molecule has 3 aromatic rings. The van der Waals surface area contributed by atoms with Crippen LogP contribution in [0.1, 0.15) is 37.6 Å². The summed E-state index contributed by atoms with van der Waals surface area (Å²) in [5, 5.41) is 14.8. The van der Waals surface area contributed by atoms with Gasteiger partial charge in [0.2, 0.25) is 0 Å². The standard InChI is InChI=1S/C24H26Cl2N2O4/c1-14(2)13-28-19-10-5-4-7-16(19)20(21(29)24(28)31)23(30)27-15(3)11-12-32-22-17(25)8-6-9-18(22)26/h4-10,14-15,29H,11-13H2,1-3H3,(H,27,30). The van der Waals surface area contributed by atoms with Crippen LogP contribution in [0, 0.1) is 5.92 Å². The summed E-state index contributed by atoms with van der Waals surface area (Å²) in [6.45, 7) is 6.49. The van der Waals surface area contributed by atoms with E-state index in [0.29, 0.717) is 39.7 Å². The molecule has 0 saturated heterocycles. The maximum absolute atomic E-state index is 13.0. The molecule has 0 aliphatic carbocycles. The minimum Gasteiger partial charge on any atom is -0.502 e. The second-order valence-corrected chi connectivity index (χ2v) is 8.93. The Hall–Kier alpha value is -2.70. The molecule has 1 heterocycles. The highest BCUT2D eigenvalue weighted by Gasteiger charge is 2.23. The number of aromatic nitrogens is 1. The van der Waals surface area contributed by atoms with Crippen molar-refractivity contribution in [3.63, 3.8) is 0 Å². The van der Waals surface area contributed by atoms with Gasteiger partial charge in [-0.3, -0.25) is 9.59 Å². The summed E-state index contributed by atoms with van der Waals surface area (Å²) < 4.78 is 7.18. The predicted octanol–water partition coefficient (Wildman–Crippen LogP) is 5.26. The van der Waals surface area contributed by atoms with Crippen molar-refractivity contribution in [2.24, 2.45) is 5.92 Å². The van der Waals surface area contributed by atoms with Crippen LogP contribution in [0.4, 0.5) is 0 Å². The van der Waals surface area contributed by atoms with Crippen LogP contribution in [0.3, 0.4) is 0 Å². The third kappa shape index (κ3) is 5.19. The Morgan fingerprint density at radius 1 is 1.09 bits per heavy atom. The molecule has 0 aliphatic rings. The fraction of sp³-hybridized carbons (Fsp3) is 0.333. The van der Waals surface area contributed by atoms with Crippen molar-refractivity contribution in [2.75, 3.05) is 6.61 Å². The van der Waals surface area contributed by atoms with Gasteiger partial charge in [-0.2, -0.15) is 0 Å². The van der Waals surface area contributed by atoms with Crippen molar-refractivity contribution in [3.8, 4) is 11.5 Å². The van der Waals surface area contributed by atoms with Crippen molar-refractivity contribution >= 4 is 40.0 Å². The average Bonchev–Trinajstić information content (AvgIpc) is 2.73. The average molecular weight is 477 g/mol. The summed E-state index contributed by atoms with van der Waals surface area (Å²) in [7, 11) is 0. The molecule has 0 radical (unpaired) electrons. The van der Waals surface area contributed by atoms with Crippen molar-refractivity contribution in [2.45, 2.75) is 39.8 Å². The zero-order valence-corrected chi connectivity index (χ0v) is 19.7. The number of pyridine rings is 1. The number of nitrogens with one attached hydrogen (secondary N) is 1. The number of nitrogens with zero attached hydrogens (tertiary/aromatic N) is 1.